The van der Waals surface area contributed by atoms with Crippen LogP contribution in [0.1, 0.15) is 19.5 Å². The van der Waals surface area contributed by atoms with Gasteiger partial charge in [-0.15, -0.1) is 0 Å². The zero-order valence-electron chi connectivity index (χ0n) is 11.9. The third-order valence-electron chi connectivity index (χ3n) is 2.86. The molecule has 1 N–H and O–H groups in total. The lowest BCUT2D eigenvalue weighted by atomic mass is 10.1. The van der Waals surface area contributed by atoms with Gasteiger partial charge < -0.3 is 14.6 Å². The first kappa shape index (κ1) is 14.5. The van der Waals surface area contributed by atoms with E-state index in [0.29, 0.717) is 29.5 Å². The molecule has 0 unspecified atom stereocenters. The van der Waals surface area contributed by atoms with Crippen LogP contribution in [0.25, 0.3) is 11.3 Å². The Kier molecular flexibility index (Phi) is 4.74. The summed E-state index contributed by atoms with van der Waals surface area (Å²) in [5.41, 5.74) is 1.04. The third kappa shape index (κ3) is 3.36. The van der Waals surface area contributed by atoms with Gasteiger partial charge in [0.2, 0.25) is 0 Å². The van der Waals surface area contributed by atoms with Crippen LogP contribution in [-0.4, -0.2) is 18.8 Å². The predicted octanol–water partition coefficient (Wildman–Crippen LogP) is 3.23. The summed E-state index contributed by atoms with van der Waals surface area (Å²) in [6, 6.07) is 6.39. The van der Waals surface area contributed by atoms with Crippen molar-refractivity contribution in [3.8, 4) is 17.1 Å². The molecular weight excluding hydrogens is 259 g/mol. The topological polar surface area (TPSA) is 47.3 Å². The smallest absolute Gasteiger partial charge is 0.173 e. The Morgan fingerprint density at radius 2 is 2.20 bits per heavy atom. The maximum Gasteiger partial charge on any atom is 0.173 e. The lowest BCUT2D eigenvalue weighted by Gasteiger charge is -2.05. The molecule has 0 aliphatic rings. The van der Waals surface area contributed by atoms with E-state index in [2.05, 4.69) is 24.3 Å². The first-order chi connectivity index (χ1) is 9.61. The van der Waals surface area contributed by atoms with E-state index < -0.39 is 0 Å². The highest BCUT2D eigenvalue weighted by Crippen LogP contribution is 2.32. The van der Waals surface area contributed by atoms with Crippen LogP contribution < -0.4 is 10.1 Å². The molecule has 5 heteroatoms. The van der Waals surface area contributed by atoms with Gasteiger partial charge in [-0.05, 0) is 24.6 Å². The second-order valence-electron chi connectivity index (χ2n) is 5.02. The average molecular weight is 278 g/mol. The lowest BCUT2D eigenvalue weighted by molar-refractivity contribution is 0.397. The summed E-state index contributed by atoms with van der Waals surface area (Å²) in [4.78, 5) is 0. The number of halogens is 1. The zero-order chi connectivity index (χ0) is 14.5. The van der Waals surface area contributed by atoms with E-state index >= 15 is 0 Å². The minimum absolute atomic E-state index is 0.303. The summed E-state index contributed by atoms with van der Waals surface area (Å²) in [6.45, 7) is 5.75. The number of nitrogens with zero attached hydrogens (tertiary/aromatic N) is 1. The maximum atomic E-state index is 13.9. The van der Waals surface area contributed by atoms with Gasteiger partial charge in [0.15, 0.2) is 5.76 Å². The molecule has 1 heterocycles. The number of benzene rings is 1. The molecule has 108 valence electrons. The van der Waals surface area contributed by atoms with Gasteiger partial charge in [0.05, 0.1) is 18.4 Å². The first-order valence-corrected chi connectivity index (χ1v) is 6.61. The molecule has 2 rings (SSSR count). The van der Waals surface area contributed by atoms with Crippen molar-refractivity contribution in [1.29, 1.82) is 0 Å². The summed E-state index contributed by atoms with van der Waals surface area (Å²) < 4.78 is 24.3. The summed E-state index contributed by atoms with van der Waals surface area (Å²) in [5, 5.41) is 7.21. The van der Waals surface area contributed by atoms with Gasteiger partial charge >= 0.3 is 0 Å². The summed E-state index contributed by atoms with van der Waals surface area (Å²) in [6.07, 6.45) is 0. The Labute approximate surface area is 117 Å². The van der Waals surface area contributed by atoms with E-state index in [-0.39, 0.29) is 5.82 Å². The molecule has 1 aromatic carbocycles. The van der Waals surface area contributed by atoms with Crippen molar-refractivity contribution in [3.05, 3.63) is 35.8 Å². The van der Waals surface area contributed by atoms with E-state index in [1.54, 1.807) is 18.2 Å². The molecule has 2 aromatic rings. The predicted molar refractivity (Wildman–Crippen MR) is 75.0 cm³/mol. The standard InChI is InChI=1S/C15H19FN2O2/c1-10(2)8-17-9-11-7-14(20-18-11)15-12(16)5-4-6-13(15)19-3/h4-7,10,17H,8-9H2,1-3H3. The zero-order valence-corrected chi connectivity index (χ0v) is 11.9. The van der Waals surface area contributed by atoms with Crippen LogP contribution in [0.3, 0.4) is 0 Å². The molecule has 0 aliphatic heterocycles. The van der Waals surface area contributed by atoms with Gasteiger partial charge in [0.1, 0.15) is 11.6 Å². The number of hydrogen-bond acceptors (Lipinski definition) is 4. The molecule has 20 heavy (non-hydrogen) atoms. The summed E-state index contributed by atoms with van der Waals surface area (Å²) in [5.74, 6) is 0.986. The lowest BCUT2D eigenvalue weighted by Crippen LogP contribution is -2.18. The van der Waals surface area contributed by atoms with E-state index in [0.717, 1.165) is 12.2 Å². The molecule has 4 nitrogen and oxygen atoms in total. The number of rotatable bonds is 6. The fraction of sp³-hybridized carbons (Fsp3) is 0.400. The van der Waals surface area contributed by atoms with Gasteiger partial charge in [0, 0.05) is 12.6 Å². The fourth-order valence-electron chi connectivity index (χ4n) is 1.92. The van der Waals surface area contributed by atoms with E-state index in [1.807, 2.05) is 0 Å². The number of ether oxygens (including phenoxy) is 1. The minimum atomic E-state index is -0.387. The molecule has 0 saturated heterocycles. The molecular formula is C15H19FN2O2. The number of nitrogens with one attached hydrogen (secondary N) is 1. The van der Waals surface area contributed by atoms with Crippen molar-refractivity contribution in [1.82, 2.24) is 10.5 Å². The second-order valence-corrected chi connectivity index (χ2v) is 5.02. The van der Waals surface area contributed by atoms with Crippen molar-refractivity contribution in [2.24, 2.45) is 5.92 Å². The van der Waals surface area contributed by atoms with E-state index in [1.165, 1.54) is 13.2 Å². The largest absolute Gasteiger partial charge is 0.496 e. The number of methoxy groups -OCH3 is 1. The van der Waals surface area contributed by atoms with Gasteiger partial charge in [0.25, 0.3) is 0 Å². The van der Waals surface area contributed by atoms with Crippen LogP contribution in [-0.2, 0) is 6.54 Å². The molecule has 0 fully saturated rings. The van der Waals surface area contributed by atoms with Crippen LogP contribution in [0, 0.1) is 11.7 Å². The second kappa shape index (κ2) is 6.52. The molecule has 0 spiro atoms. The van der Waals surface area contributed by atoms with Gasteiger partial charge in [-0.3, -0.25) is 0 Å². The minimum Gasteiger partial charge on any atom is -0.496 e. The molecule has 0 atom stereocenters. The first-order valence-electron chi connectivity index (χ1n) is 6.61. The molecule has 0 amide bonds. The van der Waals surface area contributed by atoms with Crippen molar-refractivity contribution < 1.29 is 13.7 Å². The fourth-order valence-corrected chi connectivity index (χ4v) is 1.92. The summed E-state index contributed by atoms with van der Waals surface area (Å²) >= 11 is 0. The highest BCUT2D eigenvalue weighted by Gasteiger charge is 2.16. The van der Waals surface area contributed by atoms with Crippen molar-refractivity contribution in [3.63, 3.8) is 0 Å². The molecule has 0 saturated carbocycles. The van der Waals surface area contributed by atoms with Gasteiger partial charge in [-0.25, -0.2) is 4.39 Å². The SMILES string of the molecule is COc1cccc(F)c1-c1cc(CNCC(C)C)no1. The van der Waals surface area contributed by atoms with Gasteiger partial charge in [-0.1, -0.05) is 25.1 Å². The summed E-state index contributed by atoms with van der Waals surface area (Å²) in [7, 11) is 1.50. The van der Waals surface area contributed by atoms with Crippen LogP contribution in [0.4, 0.5) is 4.39 Å². The number of hydrogen-bond donors (Lipinski definition) is 1. The maximum absolute atomic E-state index is 13.9. The van der Waals surface area contributed by atoms with Gasteiger partial charge in [-0.2, -0.15) is 0 Å². The monoisotopic (exact) mass is 278 g/mol. The van der Waals surface area contributed by atoms with E-state index in [9.17, 15) is 4.39 Å². The van der Waals surface area contributed by atoms with E-state index in [4.69, 9.17) is 9.26 Å². The van der Waals surface area contributed by atoms with Crippen LogP contribution in [0.5, 0.6) is 5.75 Å². The Hall–Kier alpha value is -1.88. The Bertz CT molecular complexity index is 567. The normalized spacial score (nSPS) is 11.1. The Morgan fingerprint density at radius 1 is 1.40 bits per heavy atom. The highest BCUT2D eigenvalue weighted by atomic mass is 19.1. The number of aromatic nitrogens is 1. The molecule has 1 aromatic heterocycles. The molecule has 0 radical (unpaired) electrons. The van der Waals surface area contributed by atoms with Crippen molar-refractivity contribution in [2.45, 2.75) is 20.4 Å². The van der Waals surface area contributed by atoms with Crippen molar-refractivity contribution >= 4 is 0 Å². The molecule has 0 bridgehead atoms. The Balaban J connectivity index is 2.16. The van der Waals surface area contributed by atoms with Crippen LogP contribution in [0.2, 0.25) is 0 Å². The molecule has 0 aliphatic carbocycles. The average Bonchev–Trinajstić information content (AvgIpc) is 2.86. The Morgan fingerprint density at radius 3 is 2.90 bits per heavy atom. The highest BCUT2D eigenvalue weighted by molar-refractivity contribution is 5.66. The van der Waals surface area contributed by atoms with Crippen molar-refractivity contribution in [2.75, 3.05) is 13.7 Å². The van der Waals surface area contributed by atoms with Crippen LogP contribution in [0.15, 0.2) is 28.8 Å². The quantitative estimate of drug-likeness (QED) is 0.881. The third-order valence-corrected chi connectivity index (χ3v) is 2.86. The van der Waals surface area contributed by atoms with Crippen LogP contribution >= 0.6 is 0 Å².